The molecule has 2 heteroatoms. The van der Waals surface area contributed by atoms with Crippen molar-refractivity contribution in [2.45, 2.75) is 65.5 Å². The zero-order chi connectivity index (χ0) is 12.0. The van der Waals surface area contributed by atoms with Crippen LogP contribution in [0.2, 0.25) is 0 Å². The quantitative estimate of drug-likeness (QED) is 0.672. The van der Waals surface area contributed by atoms with Gasteiger partial charge in [0.1, 0.15) is 0 Å². The molecule has 1 fully saturated rings. The minimum absolute atomic E-state index is 0.630. The van der Waals surface area contributed by atoms with Gasteiger partial charge in [0.15, 0.2) is 0 Å². The zero-order valence-electron chi connectivity index (χ0n) is 11.6. The van der Waals surface area contributed by atoms with Gasteiger partial charge in [0.25, 0.3) is 0 Å². The third-order valence-corrected chi connectivity index (χ3v) is 3.35. The van der Waals surface area contributed by atoms with E-state index in [-0.39, 0.29) is 0 Å². The first-order valence-electron chi connectivity index (χ1n) is 7.06. The van der Waals surface area contributed by atoms with Crippen LogP contribution in [0, 0.1) is 5.92 Å². The van der Waals surface area contributed by atoms with Crippen molar-refractivity contribution in [3.05, 3.63) is 0 Å². The van der Waals surface area contributed by atoms with Gasteiger partial charge in [-0.05, 0) is 31.8 Å². The maximum atomic E-state index is 3.64. The molecule has 1 atom stereocenters. The van der Waals surface area contributed by atoms with Crippen molar-refractivity contribution in [1.29, 1.82) is 0 Å². The van der Waals surface area contributed by atoms with Crippen LogP contribution in [0.25, 0.3) is 0 Å². The third kappa shape index (κ3) is 5.86. The summed E-state index contributed by atoms with van der Waals surface area (Å²) in [5.41, 5.74) is 0. The van der Waals surface area contributed by atoms with Crippen LogP contribution in [0.3, 0.4) is 0 Å². The van der Waals surface area contributed by atoms with Gasteiger partial charge in [0, 0.05) is 18.6 Å². The molecule has 0 unspecified atom stereocenters. The van der Waals surface area contributed by atoms with Crippen molar-refractivity contribution in [3.8, 4) is 0 Å². The number of hydrogen-bond donors (Lipinski definition) is 1. The van der Waals surface area contributed by atoms with Gasteiger partial charge in [-0.2, -0.15) is 0 Å². The molecule has 0 aliphatic carbocycles. The number of rotatable bonds is 7. The first-order chi connectivity index (χ1) is 7.58. The van der Waals surface area contributed by atoms with Gasteiger partial charge in [-0.25, -0.2) is 0 Å². The Kier molecular flexibility index (Phi) is 6.37. The largest absolute Gasteiger partial charge is 0.310 e. The molecule has 0 amide bonds. The molecule has 0 spiro atoms. The van der Waals surface area contributed by atoms with Gasteiger partial charge < -0.3 is 10.2 Å². The number of nitrogens with one attached hydrogen (secondary N) is 1. The van der Waals surface area contributed by atoms with E-state index in [1.807, 2.05) is 0 Å². The SMILES string of the molecule is CC(C)CCCCN1CC[C@H](NC(C)C)C1. The molecular weight excluding hydrogens is 196 g/mol. The summed E-state index contributed by atoms with van der Waals surface area (Å²) in [6.45, 7) is 13.0. The van der Waals surface area contributed by atoms with E-state index in [0.717, 1.165) is 12.0 Å². The molecule has 0 bridgehead atoms. The molecule has 1 saturated heterocycles. The van der Waals surface area contributed by atoms with Crippen LogP contribution >= 0.6 is 0 Å². The second-order valence-electron chi connectivity index (χ2n) is 6.00. The fourth-order valence-corrected chi connectivity index (χ4v) is 2.53. The highest BCUT2D eigenvalue weighted by Crippen LogP contribution is 2.12. The molecule has 0 aromatic carbocycles. The van der Waals surface area contributed by atoms with Crippen LogP contribution < -0.4 is 5.32 Å². The monoisotopic (exact) mass is 226 g/mol. The molecule has 1 rings (SSSR count). The van der Waals surface area contributed by atoms with E-state index in [2.05, 4.69) is 37.9 Å². The lowest BCUT2D eigenvalue weighted by Gasteiger charge is -2.18. The van der Waals surface area contributed by atoms with E-state index in [1.165, 1.54) is 45.3 Å². The summed E-state index contributed by atoms with van der Waals surface area (Å²) in [7, 11) is 0. The summed E-state index contributed by atoms with van der Waals surface area (Å²) in [6, 6.07) is 1.37. The van der Waals surface area contributed by atoms with E-state index in [4.69, 9.17) is 0 Å². The van der Waals surface area contributed by atoms with Crippen molar-refractivity contribution in [2.75, 3.05) is 19.6 Å². The Labute approximate surface area is 102 Å². The number of unbranched alkanes of at least 4 members (excludes halogenated alkanes) is 1. The van der Waals surface area contributed by atoms with Crippen LogP contribution in [-0.4, -0.2) is 36.6 Å². The molecule has 96 valence electrons. The van der Waals surface area contributed by atoms with Crippen molar-refractivity contribution in [2.24, 2.45) is 5.92 Å². The van der Waals surface area contributed by atoms with Gasteiger partial charge in [-0.15, -0.1) is 0 Å². The maximum absolute atomic E-state index is 3.64. The minimum atomic E-state index is 0.630. The molecule has 1 heterocycles. The molecule has 1 aliphatic rings. The Balaban J connectivity index is 2.03. The van der Waals surface area contributed by atoms with E-state index in [0.29, 0.717) is 6.04 Å². The maximum Gasteiger partial charge on any atom is 0.0209 e. The van der Waals surface area contributed by atoms with E-state index in [9.17, 15) is 0 Å². The number of hydrogen-bond acceptors (Lipinski definition) is 2. The first-order valence-corrected chi connectivity index (χ1v) is 7.06. The Morgan fingerprint density at radius 2 is 1.94 bits per heavy atom. The first kappa shape index (κ1) is 14.0. The molecule has 0 aromatic rings. The molecule has 1 N–H and O–H groups in total. The highest BCUT2D eigenvalue weighted by molar-refractivity contribution is 4.81. The molecule has 1 aliphatic heterocycles. The molecule has 0 aromatic heterocycles. The summed E-state index contributed by atoms with van der Waals surface area (Å²) in [5.74, 6) is 0.869. The lowest BCUT2D eigenvalue weighted by molar-refractivity contribution is 0.312. The van der Waals surface area contributed by atoms with Gasteiger partial charge in [0.2, 0.25) is 0 Å². The summed E-state index contributed by atoms with van der Waals surface area (Å²) in [6.07, 6.45) is 5.51. The summed E-state index contributed by atoms with van der Waals surface area (Å²) >= 11 is 0. The predicted molar refractivity (Wildman–Crippen MR) is 71.8 cm³/mol. The topological polar surface area (TPSA) is 15.3 Å². The van der Waals surface area contributed by atoms with Crippen molar-refractivity contribution < 1.29 is 0 Å². The van der Waals surface area contributed by atoms with Crippen molar-refractivity contribution >= 4 is 0 Å². The van der Waals surface area contributed by atoms with Gasteiger partial charge in [0.05, 0.1) is 0 Å². The summed E-state index contributed by atoms with van der Waals surface area (Å²) < 4.78 is 0. The predicted octanol–water partition coefficient (Wildman–Crippen LogP) is 2.89. The average molecular weight is 226 g/mol. The summed E-state index contributed by atoms with van der Waals surface area (Å²) in [4.78, 5) is 2.63. The second-order valence-corrected chi connectivity index (χ2v) is 6.00. The molecular formula is C14H30N2. The average Bonchev–Trinajstić information content (AvgIpc) is 2.59. The molecule has 0 saturated carbocycles. The Bertz CT molecular complexity index is 178. The highest BCUT2D eigenvalue weighted by Gasteiger charge is 2.21. The minimum Gasteiger partial charge on any atom is -0.310 e. The van der Waals surface area contributed by atoms with Gasteiger partial charge in [-0.3, -0.25) is 0 Å². The second kappa shape index (κ2) is 7.29. The standard InChI is InChI=1S/C14H30N2/c1-12(2)7-5-6-9-16-10-8-14(11-16)15-13(3)4/h12-15H,5-11H2,1-4H3/t14-/m0/s1. The van der Waals surface area contributed by atoms with Gasteiger partial charge >= 0.3 is 0 Å². The molecule has 16 heavy (non-hydrogen) atoms. The van der Waals surface area contributed by atoms with Crippen LogP contribution in [0.4, 0.5) is 0 Å². The van der Waals surface area contributed by atoms with Crippen LogP contribution in [-0.2, 0) is 0 Å². The van der Waals surface area contributed by atoms with Crippen LogP contribution in [0.15, 0.2) is 0 Å². The lowest BCUT2D eigenvalue weighted by atomic mass is 10.1. The molecule has 2 nitrogen and oxygen atoms in total. The van der Waals surface area contributed by atoms with E-state index >= 15 is 0 Å². The smallest absolute Gasteiger partial charge is 0.0209 e. The van der Waals surface area contributed by atoms with E-state index in [1.54, 1.807) is 0 Å². The van der Waals surface area contributed by atoms with Crippen LogP contribution in [0.1, 0.15) is 53.4 Å². The third-order valence-electron chi connectivity index (χ3n) is 3.35. The Hall–Kier alpha value is -0.0800. The highest BCUT2D eigenvalue weighted by atomic mass is 15.2. The lowest BCUT2D eigenvalue weighted by Crippen LogP contribution is -2.37. The normalized spacial score (nSPS) is 22.5. The number of likely N-dealkylation sites (tertiary alicyclic amines) is 1. The van der Waals surface area contributed by atoms with Crippen LogP contribution in [0.5, 0.6) is 0 Å². The van der Waals surface area contributed by atoms with Crippen molar-refractivity contribution in [1.82, 2.24) is 10.2 Å². The molecule has 0 radical (unpaired) electrons. The van der Waals surface area contributed by atoms with Gasteiger partial charge in [-0.1, -0.05) is 40.5 Å². The fraction of sp³-hybridized carbons (Fsp3) is 1.00. The Morgan fingerprint density at radius 1 is 1.19 bits per heavy atom. The fourth-order valence-electron chi connectivity index (χ4n) is 2.53. The Morgan fingerprint density at radius 3 is 2.56 bits per heavy atom. The number of nitrogens with zero attached hydrogens (tertiary/aromatic N) is 1. The van der Waals surface area contributed by atoms with E-state index < -0.39 is 0 Å². The summed E-state index contributed by atoms with van der Waals surface area (Å²) in [5, 5.41) is 3.64. The zero-order valence-corrected chi connectivity index (χ0v) is 11.6. The van der Waals surface area contributed by atoms with Crippen molar-refractivity contribution in [3.63, 3.8) is 0 Å².